The van der Waals surface area contributed by atoms with Crippen molar-refractivity contribution in [1.82, 2.24) is 29.1 Å². The van der Waals surface area contributed by atoms with Crippen molar-refractivity contribution in [2.45, 2.75) is 50.8 Å². The molecule has 0 unspecified atom stereocenters. The summed E-state index contributed by atoms with van der Waals surface area (Å²) in [5.74, 6) is 5.41. The van der Waals surface area contributed by atoms with E-state index in [1.165, 1.54) is 22.3 Å². The van der Waals surface area contributed by atoms with Crippen LogP contribution in [0.4, 0.5) is 19.0 Å². The Morgan fingerprint density at radius 2 is 1.93 bits per heavy atom. The van der Waals surface area contributed by atoms with E-state index >= 15 is 0 Å². The van der Waals surface area contributed by atoms with Crippen LogP contribution in [0.2, 0.25) is 5.02 Å². The lowest BCUT2D eigenvalue weighted by molar-refractivity contribution is -0.0711. The molecular weight excluding hydrogens is 793 g/mol. The molecule has 2 aliphatic rings. The number of sulfonamides is 1. The maximum Gasteiger partial charge on any atom is 0.516 e. The zero-order valence-electron chi connectivity index (χ0n) is 29.9. The van der Waals surface area contributed by atoms with Crippen LogP contribution in [0.1, 0.15) is 47.1 Å². The first kappa shape index (κ1) is 39.1. The number of amides is 1. The Morgan fingerprint density at radius 1 is 1.18 bits per heavy atom. The number of likely N-dealkylation sites (tertiary alicyclic amines) is 1. The number of ether oxygens (including phenoxy) is 1. The summed E-state index contributed by atoms with van der Waals surface area (Å²) >= 11 is 7.35. The van der Waals surface area contributed by atoms with E-state index < -0.39 is 27.0 Å². The molecule has 0 radical (unpaired) electrons. The molecule has 2 saturated heterocycles. The van der Waals surface area contributed by atoms with Crippen LogP contribution >= 0.6 is 22.9 Å². The smallest absolute Gasteiger partial charge is 0.378 e. The van der Waals surface area contributed by atoms with E-state index in [9.17, 15) is 36.4 Å². The van der Waals surface area contributed by atoms with Gasteiger partial charge in [0, 0.05) is 59.0 Å². The van der Waals surface area contributed by atoms with Gasteiger partial charge in [-0.05, 0) is 51.0 Å². The SMILES string of the molecule is CCN(c1ncc2nc(C)n(CC#Cc3ccc(Cl)cc3-c3ccnc4c(C(=O)NS(=O)(=O)C(F)(F)F)csc34)c(=O)c2c1C#N)C1CCN(C2COC2)CC1. The van der Waals surface area contributed by atoms with Gasteiger partial charge in [0.05, 0.1) is 58.7 Å². The van der Waals surface area contributed by atoms with Crippen LogP contribution in [0.3, 0.4) is 0 Å². The molecule has 2 fully saturated rings. The van der Waals surface area contributed by atoms with Crippen LogP contribution in [0.15, 0.2) is 46.8 Å². The monoisotopic (exact) mass is 824 g/mol. The summed E-state index contributed by atoms with van der Waals surface area (Å²) in [6.45, 7) is 7.47. The molecule has 56 heavy (non-hydrogen) atoms. The number of aryl methyl sites for hydroxylation is 1. The van der Waals surface area contributed by atoms with Gasteiger partial charge in [-0.25, -0.2) is 14.7 Å². The van der Waals surface area contributed by atoms with Gasteiger partial charge in [0.25, 0.3) is 11.5 Å². The molecule has 2 aliphatic heterocycles. The fourth-order valence-corrected chi connectivity index (χ4v) is 8.68. The number of alkyl halides is 3. The van der Waals surface area contributed by atoms with Crippen molar-refractivity contribution in [2.24, 2.45) is 0 Å². The van der Waals surface area contributed by atoms with Crippen molar-refractivity contribution in [1.29, 1.82) is 5.26 Å². The number of nitrogens with one attached hydrogen (secondary N) is 1. The second-order valence-electron chi connectivity index (χ2n) is 13.2. The van der Waals surface area contributed by atoms with Gasteiger partial charge in [-0.1, -0.05) is 23.4 Å². The van der Waals surface area contributed by atoms with Crippen LogP contribution in [-0.2, 0) is 21.3 Å². The van der Waals surface area contributed by atoms with E-state index in [4.69, 9.17) is 16.3 Å². The Bertz CT molecular complexity index is 2660. The number of pyridine rings is 2. The highest BCUT2D eigenvalue weighted by Gasteiger charge is 2.47. The number of aromatic nitrogens is 4. The highest BCUT2D eigenvalue weighted by Crippen LogP contribution is 2.37. The van der Waals surface area contributed by atoms with Gasteiger partial charge in [-0.3, -0.25) is 24.0 Å². The molecule has 0 spiro atoms. The summed E-state index contributed by atoms with van der Waals surface area (Å²) < 4.78 is 70.2. The molecule has 0 atom stereocenters. The van der Waals surface area contributed by atoms with E-state index in [0.717, 1.165) is 55.2 Å². The Kier molecular flexibility index (Phi) is 10.8. The lowest BCUT2D eigenvalue weighted by Gasteiger charge is -2.44. The summed E-state index contributed by atoms with van der Waals surface area (Å²) in [4.78, 5) is 44.7. The van der Waals surface area contributed by atoms with Crippen LogP contribution in [0.25, 0.3) is 32.2 Å². The Labute approximate surface area is 327 Å². The summed E-state index contributed by atoms with van der Waals surface area (Å²) in [7, 11) is -5.95. The molecule has 290 valence electrons. The normalized spacial score (nSPS) is 15.6. The van der Waals surface area contributed by atoms with Gasteiger partial charge in [-0.15, -0.1) is 11.3 Å². The zero-order valence-corrected chi connectivity index (χ0v) is 32.2. The van der Waals surface area contributed by atoms with Gasteiger partial charge in [0.1, 0.15) is 23.3 Å². The highest BCUT2D eigenvalue weighted by molar-refractivity contribution is 7.90. The van der Waals surface area contributed by atoms with E-state index in [-0.39, 0.29) is 34.6 Å². The minimum atomic E-state index is -5.95. The number of fused-ring (bicyclic) bond motifs is 2. The number of halogens is 4. The molecule has 0 bridgehead atoms. The first-order valence-electron chi connectivity index (χ1n) is 17.4. The summed E-state index contributed by atoms with van der Waals surface area (Å²) in [5, 5.41) is 12.1. The number of carbonyl (C=O) groups excluding carboxylic acids is 1. The zero-order chi connectivity index (χ0) is 39.9. The van der Waals surface area contributed by atoms with Crippen LogP contribution in [0.5, 0.6) is 0 Å². The van der Waals surface area contributed by atoms with E-state index in [0.29, 0.717) is 56.2 Å². The molecule has 1 aromatic carbocycles. The molecule has 6 heterocycles. The molecule has 7 rings (SSSR count). The molecule has 13 nitrogen and oxygen atoms in total. The van der Waals surface area contributed by atoms with Crippen molar-refractivity contribution in [2.75, 3.05) is 37.7 Å². The Balaban J connectivity index is 1.20. The maximum atomic E-state index is 14.1. The molecule has 4 aromatic heterocycles. The molecular formula is C37H32ClF3N8O5S2. The van der Waals surface area contributed by atoms with E-state index in [1.807, 2.05) is 6.92 Å². The number of piperidine rings is 1. The number of nitriles is 1. The van der Waals surface area contributed by atoms with Crippen molar-refractivity contribution < 1.29 is 31.1 Å². The van der Waals surface area contributed by atoms with Crippen molar-refractivity contribution in [3.05, 3.63) is 79.9 Å². The third-order valence-electron chi connectivity index (χ3n) is 9.93. The third-order valence-corrected chi connectivity index (χ3v) is 12.2. The largest absolute Gasteiger partial charge is 0.516 e. The fourth-order valence-electron chi connectivity index (χ4n) is 7.00. The number of carbonyl (C=O) groups is 1. The number of anilines is 1. The van der Waals surface area contributed by atoms with Crippen molar-refractivity contribution in [3.8, 4) is 29.0 Å². The van der Waals surface area contributed by atoms with Crippen LogP contribution in [-0.4, -0.2) is 89.2 Å². The molecule has 19 heteroatoms. The summed E-state index contributed by atoms with van der Waals surface area (Å²) in [5.41, 5.74) is -4.64. The lowest BCUT2D eigenvalue weighted by atomic mass is 10.00. The molecule has 1 N–H and O–H groups in total. The topological polar surface area (TPSA) is 163 Å². The van der Waals surface area contributed by atoms with Crippen molar-refractivity contribution >= 4 is 65.8 Å². The van der Waals surface area contributed by atoms with Crippen LogP contribution < -0.4 is 15.2 Å². The van der Waals surface area contributed by atoms with Gasteiger partial charge in [0.2, 0.25) is 0 Å². The fraction of sp³-hybridized carbons (Fsp3) is 0.351. The first-order chi connectivity index (χ1) is 26.7. The number of nitrogens with zero attached hydrogens (tertiary/aromatic N) is 7. The lowest BCUT2D eigenvalue weighted by Crippen LogP contribution is -2.54. The Hall–Kier alpha value is -5.11. The van der Waals surface area contributed by atoms with Gasteiger partial charge < -0.3 is 9.64 Å². The Morgan fingerprint density at radius 3 is 2.59 bits per heavy atom. The van der Waals surface area contributed by atoms with Gasteiger partial charge in [-0.2, -0.15) is 26.9 Å². The minimum Gasteiger partial charge on any atom is -0.378 e. The number of hydrogen-bond donors (Lipinski definition) is 1. The molecule has 0 aliphatic carbocycles. The minimum absolute atomic E-state index is 0.0244. The first-order valence-corrected chi connectivity index (χ1v) is 20.1. The van der Waals surface area contributed by atoms with Gasteiger partial charge in [0.15, 0.2) is 0 Å². The standard InChI is InChI=1S/C37H32ClF3N8O5S2/c1-3-48(24-9-13-47(14-10-24)25-18-54-19-25)34-28(16-42)31-30(17-44-34)45-21(2)49(36(31)51)12-4-5-22-6-7-23(38)15-27(22)26-8-11-43-32-29(20-55-33(26)32)35(50)46-56(52,53)37(39,40)41/h6-8,11,15,17,20,24-25H,3,9-10,12-14,18-19H2,1-2H3,(H,46,50). The predicted octanol–water partition coefficient (Wildman–Crippen LogP) is 5.22. The van der Waals surface area contributed by atoms with Crippen molar-refractivity contribution in [3.63, 3.8) is 0 Å². The van der Waals surface area contributed by atoms with Gasteiger partial charge >= 0.3 is 15.5 Å². The highest BCUT2D eigenvalue weighted by atomic mass is 35.5. The number of hydrogen-bond acceptors (Lipinski definition) is 12. The van der Waals surface area contributed by atoms with E-state index in [1.54, 1.807) is 31.2 Å². The maximum absolute atomic E-state index is 14.1. The second kappa shape index (κ2) is 15.4. The summed E-state index contributed by atoms with van der Waals surface area (Å²) in [6.07, 6.45) is 4.62. The van der Waals surface area contributed by atoms with E-state index in [2.05, 4.69) is 42.7 Å². The number of rotatable bonds is 8. The second-order valence-corrected chi connectivity index (χ2v) is 16.2. The average Bonchev–Trinajstić information content (AvgIpc) is 3.58. The van der Waals surface area contributed by atoms with Crippen LogP contribution in [0, 0.1) is 30.1 Å². The molecule has 5 aromatic rings. The number of thiophene rings is 1. The molecule has 1 amide bonds. The number of benzene rings is 1. The third kappa shape index (κ3) is 7.31. The quantitative estimate of drug-likeness (QED) is 0.204. The average molecular weight is 825 g/mol. The summed E-state index contributed by atoms with van der Waals surface area (Å²) in [6, 6.07) is 9.30. The molecule has 0 saturated carbocycles. The predicted molar refractivity (Wildman–Crippen MR) is 205 cm³/mol.